The van der Waals surface area contributed by atoms with Crippen molar-refractivity contribution in [3.8, 4) is 11.8 Å². The summed E-state index contributed by atoms with van der Waals surface area (Å²) >= 11 is 7.87. The van der Waals surface area contributed by atoms with Crippen molar-refractivity contribution in [3.63, 3.8) is 0 Å². The number of aliphatic carboxylic acids is 3. The molecule has 0 bridgehead atoms. The number of nitriles is 1. The van der Waals surface area contributed by atoms with Crippen LogP contribution in [0.1, 0.15) is 92.1 Å². The highest BCUT2D eigenvalue weighted by Gasteiger charge is 2.30. The van der Waals surface area contributed by atoms with Gasteiger partial charge in [0.25, 0.3) is 11.8 Å². The minimum absolute atomic E-state index is 0.00947. The highest BCUT2D eigenvalue weighted by molar-refractivity contribution is 14.1. The number of anilines is 1. The summed E-state index contributed by atoms with van der Waals surface area (Å²) in [6.45, 7) is 5.63. The molecule has 6 rings (SSSR count). The van der Waals surface area contributed by atoms with Crippen LogP contribution in [-0.2, 0) is 65.4 Å². The zero-order valence-electron chi connectivity index (χ0n) is 59.4. The van der Waals surface area contributed by atoms with Crippen molar-refractivity contribution in [1.82, 2.24) is 61.4 Å². The second-order valence-electron chi connectivity index (χ2n) is 25.7. The normalized spacial score (nSPS) is 16.2. The number of hydrogen-bond acceptors (Lipinski definition) is 20. The summed E-state index contributed by atoms with van der Waals surface area (Å²) < 4.78 is 23.6. The Labute approximate surface area is 626 Å². The van der Waals surface area contributed by atoms with Gasteiger partial charge in [-0.3, -0.25) is 53.1 Å². The lowest BCUT2D eigenvalue weighted by molar-refractivity contribution is -0.142. The Morgan fingerprint density at radius 1 is 0.663 bits per heavy atom. The maximum absolute atomic E-state index is 13.8. The number of unbranched alkanes of at least 4 members (excludes halogenated alkanes) is 2. The Kier molecular flexibility index (Phi) is 38.5. The fourth-order valence-corrected chi connectivity index (χ4v) is 12.3. The van der Waals surface area contributed by atoms with Gasteiger partial charge in [-0.05, 0) is 173 Å². The molecule has 4 aromatic rings. The monoisotopic (exact) mass is 1580 g/mol. The summed E-state index contributed by atoms with van der Waals surface area (Å²) in [5.74, 6) is -5.17. The van der Waals surface area contributed by atoms with Gasteiger partial charge in [-0.1, -0.05) is 24.3 Å². The Morgan fingerprint density at radius 3 is 2.02 bits per heavy atom. The quantitative estimate of drug-likeness (QED) is 0.0173. The first-order valence-electron chi connectivity index (χ1n) is 35.4. The van der Waals surface area contributed by atoms with E-state index in [1.54, 1.807) is 18.2 Å². The Morgan fingerprint density at radius 2 is 1.31 bits per heavy atom. The number of likely N-dealkylation sites (tertiary alicyclic amines) is 1. The summed E-state index contributed by atoms with van der Waals surface area (Å²) in [4.78, 5) is 128. The zero-order valence-corrected chi connectivity index (χ0v) is 62.4. The summed E-state index contributed by atoms with van der Waals surface area (Å²) in [5, 5.41) is 59.7. The molecular formula is C72H101IN14O16S. The minimum Gasteiger partial charge on any atom is -0.484 e. The molecule has 0 spiro atoms. The molecule has 1 aromatic heterocycles. The largest absolute Gasteiger partial charge is 0.484 e. The molecule has 3 heterocycles. The van der Waals surface area contributed by atoms with Crippen molar-refractivity contribution in [2.24, 2.45) is 0 Å². The van der Waals surface area contributed by atoms with Crippen LogP contribution < -0.4 is 42.0 Å². The number of ether oxygens (including phenoxy) is 4. The molecule has 1 unspecified atom stereocenters. The van der Waals surface area contributed by atoms with E-state index in [0.29, 0.717) is 131 Å². The van der Waals surface area contributed by atoms with Crippen LogP contribution in [0.25, 0.3) is 10.9 Å². The number of aryl methyl sites for hydroxylation is 1. The third kappa shape index (κ3) is 32.8. The van der Waals surface area contributed by atoms with Crippen LogP contribution in [0.2, 0.25) is 0 Å². The molecule has 32 heteroatoms. The lowest BCUT2D eigenvalue weighted by atomic mass is 10.0. The van der Waals surface area contributed by atoms with Crippen molar-refractivity contribution in [3.05, 3.63) is 99.3 Å². The first-order valence-corrected chi connectivity index (χ1v) is 36.8. The summed E-state index contributed by atoms with van der Waals surface area (Å²) in [6, 6.07) is 21.6. The maximum atomic E-state index is 13.8. The highest BCUT2D eigenvalue weighted by Crippen LogP contribution is 2.24. The standard InChI is InChI=1S/C72H101IN14O16S/c1-83-31-33-84(2)56(47-86(49-68(94)95)36-35-85(34-32-83)48-67(92)93)43-52-16-20-54(21-17-52)80-72(104)78-27-6-3-11-60(70(97)82-61(71(98)99)12-4-5-26-76-63(88)13-7-9-51-14-18-53(73)19-15-51)81-64(89)25-37-100-39-41-102-42-40-101-38-29-77-65(90)50-103-57-22-23-58-59(24-28-75-62(58)44-57)69(96)79-46-66(91)87-30-8-10-55(87)45-74/h14-24,28,44,55-56,60-61H,3-13,25-27,29-43,46-50H2,1-2H3,(H,76,88)(H,77,90)(H,79,96)(H,81,89)(H,82,97)(H,92,93)(H,94,95)(H,98,99)(H2,78,80,104)/t55-,56?,60+,61+/m1/s1. The molecule has 3 aromatic carbocycles. The van der Waals surface area contributed by atoms with Crippen molar-refractivity contribution < 1.29 is 77.4 Å². The van der Waals surface area contributed by atoms with Gasteiger partial charge in [0, 0.05) is 118 Å². The SMILES string of the molecule is CN1CCN(CC(=O)O)CCN(CC(=O)O)CC(Cc2ccc(NC(=S)NCCCC[C@H](NC(=O)CCOCCOCCOCCNC(=O)COc3ccc4c(C(=O)NCC(=O)N5CCC[C@@H]5C#N)ccnc4c3)C(=O)N[C@@H](CCCCNC(=O)CCCc3ccc(I)cc3)C(=O)O)cc2)N(C)CC1. The average Bonchev–Trinajstić information content (AvgIpc) is 0.904. The molecule has 568 valence electrons. The summed E-state index contributed by atoms with van der Waals surface area (Å²) in [6.07, 6.45) is 7.31. The Hall–Kier alpha value is -8.27. The lowest BCUT2D eigenvalue weighted by Crippen LogP contribution is -2.51. The molecule has 0 aliphatic carbocycles. The molecule has 10 N–H and O–H groups in total. The number of halogens is 1. The number of nitrogens with zero attached hydrogens (tertiary/aromatic N) is 7. The molecule has 2 fully saturated rings. The van der Waals surface area contributed by atoms with Crippen LogP contribution in [0.15, 0.2) is 79.0 Å². The fourth-order valence-electron chi connectivity index (χ4n) is 11.7. The first kappa shape index (κ1) is 84.7. The number of rotatable bonds is 43. The van der Waals surface area contributed by atoms with Gasteiger partial charge < -0.3 is 86.2 Å². The van der Waals surface area contributed by atoms with Gasteiger partial charge in [0.05, 0.1) is 76.4 Å². The number of hydrogen-bond donors (Lipinski definition) is 10. The third-order valence-corrected chi connectivity index (χ3v) is 18.6. The Balaban J connectivity index is 0.885. The minimum atomic E-state index is -1.24. The predicted octanol–water partition coefficient (Wildman–Crippen LogP) is 3.10. The number of benzene rings is 3. The average molecular weight is 1580 g/mol. The van der Waals surface area contributed by atoms with Crippen molar-refractivity contribution >= 4 is 110 Å². The van der Waals surface area contributed by atoms with Crippen LogP contribution >= 0.6 is 34.8 Å². The zero-order chi connectivity index (χ0) is 75.0. The molecule has 0 saturated carbocycles. The smallest absolute Gasteiger partial charge is 0.326 e. The molecule has 0 radical (unpaired) electrons. The maximum Gasteiger partial charge on any atom is 0.326 e. The van der Waals surface area contributed by atoms with E-state index in [0.717, 1.165) is 46.3 Å². The number of carboxylic acids is 3. The van der Waals surface area contributed by atoms with Gasteiger partial charge in [-0.15, -0.1) is 0 Å². The summed E-state index contributed by atoms with van der Waals surface area (Å²) in [5.41, 5.74) is 3.67. The van der Waals surface area contributed by atoms with E-state index in [9.17, 15) is 63.7 Å². The van der Waals surface area contributed by atoms with E-state index in [2.05, 4.69) is 80.7 Å². The molecule has 104 heavy (non-hydrogen) atoms. The highest BCUT2D eigenvalue weighted by atomic mass is 127. The van der Waals surface area contributed by atoms with Gasteiger partial charge in [0.15, 0.2) is 11.7 Å². The van der Waals surface area contributed by atoms with Crippen molar-refractivity contribution in [2.75, 3.05) is 157 Å². The second kappa shape index (κ2) is 47.2. The van der Waals surface area contributed by atoms with E-state index in [4.69, 9.17) is 31.2 Å². The van der Waals surface area contributed by atoms with E-state index in [1.165, 1.54) is 17.2 Å². The number of carbonyl (C=O) groups is 9. The molecule has 2 saturated heterocycles. The van der Waals surface area contributed by atoms with Gasteiger partial charge in [-0.25, -0.2) is 4.79 Å². The number of thiocarbonyl (C=S) groups is 1. The number of aromatic nitrogens is 1. The molecule has 4 atom stereocenters. The molecule has 30 nitrogen and oxygen atoms in total. The lowest BCUT2D eigenvalue weighted by Gasteiger charge is -2.36. The molecule has 6 amide bonds. The van der Waals surface area contributed by atoms with Gasteiger partial charge in [0.1, 0.15) is 23.9 Å². The number of carboxylic acid groups (broad SMARTS) is 3. The van der Waals surface area contributed by atoms with Crippen LogP contribution in [0.4, 0.5) is 5.69 Å². The summed E-state index contributed by atoms with van der Waals surface area (Å²) in [7, 11) is 4.05. The van der Waals surface area contributed by atoms with Crippen molar-refractivity contribution in [1.29, 1.82) is 5.26 Å². The second-order valence-corrected chi connectivity index (χ2v) is 27.3. The van der Waals surface area contributed by atoms with E-state index in [1.807, 2.05) is 72.4 Å². The number of fused-ring (bicyclic) bond motifs is 1. The number of carbonyl (C=O) groups excluding carboxylic acids is 6. The predicted molar refractivity (Wildman–Crippen MR) is 401 cm³/mol. The Bertz CT molecular complexity index is 3470. The third-order valence-electron chi connectivity index (χ3n) is 17.6. The molecular weight excluding hydrogens is 1480 g/mol. The van der Waals surface area contributed by atoms with Gasteiger partial charge in [0.2, 0.25) is 23.6 Å². The molecule has 2 aliphatic heterocycles. The topological polar surface area (TPSA) is 388 Å². The van der Waals surface area contributed by atoms with Crippen LogP contribution in [0, 0.1) is 14.9 Å². The van der Waals surface area contributed by atoms with Crippen LogP contribution in [0.5, 0.6) is 5.75 Å². The number of pyridine rings is 1. The van der Waals surface area contributed by atoms with Gasteiger partial charge in [-0.2, -0.15) is 5.26 Å². The van der Waals surface area contributed by atoms with Gasteiger partial charge >= 0.3 is 17.9 Å². The fraction of sp³-hybridized carbons (Fsp3) is 0.556. The first-order chi connectivity index (χ1) is 50.1. The number of likely N-dealkylation sites (N-methyl/N-ethyl adjacent to an activating group) is 2. The van der Waals surface area contributed by atoms with E-state index in [-0.39, 0.29) is 110 Å². The van der Waals surface area contributed by atoms with Crippen LogP contribution in [0.3, 0.4) is 0 Å². The number of amides is 6. The van der Waals surface area contributed by atoms with Crippen LogP contribution in [-0.4, -0.2) is 279 Å². The van der Waals surface area contributed by atoms with E-state index >= 15 is 0 Å². The van der Waals surface area contributed by atoms with E-state index < -0.39 is 59.7 Å². The van der Waals surface area contributed by atoms with Crippen molar-refractivity contribution in [2.45, 2.75) is 108 Å². The molecule has 2 aliphatic rings. The number of nitrogens with one attached hydrogen (secondary N) is 7.